The molecule has 138 valence electrons. The van der Waals surface area contributed by atoms with Gasteiger partial charge in [-0.2, -0.15) is 5.10 Å². The number of carbonyl (C=O) groups excluding carboxylic acids is 1. The summed E-state index contributed by atoms with van der Waals surface area (Å²) in [6.07, 6.45) is 5.37. The van der Waals surface area contributed by atoms with Crippen LogP contribution in [0.25, 0.3) is 5.69 Å². The lowest BCUT2D eigenvalue weighted by molar-refractivity contribution is -0.123. The molecule has 1 heterocycles. The van der Waals surface area contributed by atoms with Crippen LogP contribution in [0.5, 0.6) is 11.5 Å². The van der Waals surface area contributed by atoms with Crippen LogP contribution >= 0.6 is 31.9 Å². The van der Waals surface area contributed by atoms with E-state index in [0.29, 0.717) is 20.3 Å². The van der Waals surface area contributed by atoms with Gasteiger partial charge < -0.3 is 14.4 Å². The smallest absolute Gasteiger partial charge is 0.277 e. The average Bonchev–Trinajstić information content (AvgIpc) is 3.19. The minimum Gasteiger partial charge on any atom is -0.506 e. The Balaban J connectivity index is 1.50. The van der Waals surface area contributed by atoms with Crippen molar-refractivity contribution in [2.24, 2.45) is 5.10 Å². The fourth-order valence-corrected chi connectivity index (χ4v) is 3.46. The molecular formula is C19H15Br2N3O3. The maximum atomic E-state index is 11.8. The summed E-state index contributed by atoms with van der Waals surface area (Å²) in [7, 11) is 0. The van der Waals surface area contributed by atoms with Crippen molar-refractivity contribution in [3.05, 3.63) is 75.4 Å². The van der Waals surface area contributed by atoms with Gasteiger partial charge in [-0.3, -0.25) is 4.79 Å². The van der Waals surface area contributed by atoms with Gasteiger partial charge >= 0.3 is 0 Å². The topological polar surface area (TPSA) is 75.8 Å². The SMILES string of the molecule is O=C(COc1ccc(-n2cccc2)cc1)NN=Cc1cc(Br)c(O)c(Br)c1. The van der Waals surface area contributed by atoms with E-state index in [4.69, 9.17) is 4.74 Å². The van der Waals surface area contributed by atoms with Crippen molar-refractivity contribution in [2.75, 3.05) is 6.61 Å². The lowest BCUT2D eigenvalue weighted by Crippen LogP contribution is -2.24. The molecule has 0 radical (unpaired) electrons. The van der Waals surface area contributed by atoms with E-state index < -0.39 is 0 Å². The summed E-state index contributed by atoms with van der Waals surface area (Å²) < 4.78 is 8.48. The fourth-order valence-electron chi connectivity index (χ4n) is 2.24. The maximum absolute atomic E-state index is 11.8. The van der Waals surface area contributed by atoms with Crippen LogP contribution in [0.15, 0.2) is 75.0 Å². The van der Waals surface area contributed by atoms with E-state index in [2.05, 4.69) is 42.4 Å². The van der Waals surface area contributed by atoms with Crippen LogP contribution in [0.1, 0.15) is 5.56 Å². The summed E-state index contributed by atoms with van der Waals surface area (Å²) in [6, 6.07) is 14.7. The Labute approximate surface area is 172 Å². The van der Waals surface area contributed by atoms with Crippen molar-refractivity contribution < 1.29 is 14.6 Å². The molecule has 2 aromatic carbocycles. The van der Waals surface area contributed by atoms with Crippen LogP contribution in [-0.4, -0.2) is 28.4 Å². The number of rotatable bonds is 6. The number of phenolic OH excluding ortho intramolecular Hbond substituents is 1. The van der Waals surface area contributed by atoms with Crippen molar-refractivity contribution in [3.8, 4) is 17.2 Å². The summed E-state index contributed by atoms with van der Waals surface area (Å²) >= 11 is 6.47. The fraction of sp³-hybridized carbons (Fsp3) is 0.0526. The third kappa shape index (κ3) is 5.21. The van der Waals surface area contributed by atoms with E-state index in [1.807, 2.05) is 41.2 Å². The number of hydrogen-bond acceptors (Lipinski definition) is 4. The predicted molar refractivity (Wildman–Crippen MR) is 111 cm³/mol. The second-order valence-corrected chi connectivity index (χ2v) is 7.21. The lowest BCUT2D eigenvalue weighted by atomic mass is 10.2. The Kier molecular flexibility index (Phi) is 6.31. The zero-order chi connectivity index (χ0) is 19.2. The van der Waals surface area contributed by atoms with Gasteiger partial charge in [-0.25, -0.2) is 5.43 Å². The summed E-state index contributed by atoms with van der Waals surface area (Å²) in [4.78, 5) is 11.8. The van der Waals surface area contributed by atoms with Crippen LogP contribution in [0.2, 0.25) is 0 Å². The molecule has 0 saturated heterocycles. The number of phenols is 1. The molecule has 0 aliphatic heterocycles. The van der Waals surface area contributed by atoms with Gasteiger partial charge in [0, 0.05) is 18.1 Å². The highest BCUT2D eigenvalue weighted by molar-refractivity contribution is 9.11. The molecule has 0 fully saturated rings. The van der Waals surface area contributed by atoms with E-state index in [-0.39, 0.29) is 18.3 Å². The standard InChI is InChI=1S/C19H15Br2N3O3/c20-16-9-13(10-17(21)19(16)26)11-22-23-18(25)12-27-15-5-3-14(4-6-15)24-7-1-2-8-24/h1-11,26H,12H2,(H,23,25). The normalized spacial score (nSPS) is 10.9. The van der Waals surface area contributed by atoms with Crippen molar-refractivity contribution in [1.82, 2.24) is 9.99 Å². The minimum absolute atomic E-state index is 0.104. The van der Waals surface area contributed by atoms with Crippen LogP contribution < -0.4 is 10.2 Å². The first kappa shape index (κ1) is 19.2. The van der Waals surface area contributed by atoms with E-state index in [1.54, 1.807) is 24.3 Å². The van der Waals surface area contributed by atoms with Crippen LogP contribution in [0.3, 0.4) is 0 Å². The quantitative estimate of drug-likeness (QED) is 0.399. The number of ether oxygens (including phenoxy) is 1. The van der Waals surface area contributed by atoms with Gasteiger partial charge in [-0.1, -0.05) is 0 Å². The molecule has 27 heavy (non-hydrogen) atoms. The number of nitrogens with one attached hydrogen (secondary N) is 1. The molecule has 0 unspecified atom stereocenters. The number of benzene rings is 2. The van der Waals surface area contributed by atoms with E-state index in [9.17, 15) is 9.90 Å². The number of hydrogen-bond donors (Lipinski definition) is 2. The number of hydrazone groups is 1. The Hall–Kier alpha value is -2.58. The molecule has 0 saturated carbocycles. The molecule has 0 aliphatic rings. The Morgan fingerprint density at radius 3 is 2.41 bits per heavy atom. The number of nitrogens with zero attached hydrogens (tertiary/aromatic N) is 2. The number of amides is 1. The highest BCUT2D eigenvalue weighted by Gasteiger charge is 2.05. The van der Waals surface area contributed by atoms with E-state index in [0.717, 1.165) is 5.69 Å². The van der Waals surface area contributed by atoms with Gasteiger partial charge in [-0.05, 0) is 86.0 Å². The lowest BCUT2D eigenvalue weighted by Gasteiger charge is -2.07. The molecule has 0 aliphatic carbocycles. The third-order valence-corrected chi connectivity index (χ3v) is 4.76. The van der Waals surface area contributed by atoms with Crippen molar-refractivity contribution >= 4 is 44.0 Å². The van der Waals surface area contributed by atoms with Gasteiger partial charge in [0.2, 0.25) is 0 Å². The van der Waals surface area contributed by atoms with Gasteiger partial charge in [0.25, 0.3) is 5.91 Å². The average molecular weight is 493 g/mol. The highest BCUT2D eigenvalue weighted by Crippen LogP contribution is 2.32. The number of aromatic nitrogens is 1. The largest absolute Gasteiger partial charge is 0.506 e. The zero-order valence-corrected chi connectivity index (χ0v) is 17.1. The second-order valence-electron chi connectivity index (χ2n) is 5.50. The number of halogens is 2. The van der Waals surface area contributed by atoms with E-state index >= 15 is 0 Å². The molecule has 0 spiro atoms. The maximum Gasteiger partial charge on any atom is 0.277 e. The molecule has 2 N–H and O–H groups in total. The summed E-state index contributed by atoms with van der Waals surface area (Å²) in [5.74, 6) is 0.321. The zero-order valence-electron chi connectivity index (χ0n) is 14.0. The van der Waals surface area contributed by atoms with E-state index in [1.165, 1.54) is 6.21 Å². The molecule has 1 aromatic heterocycles. The third-order valence-electron chi connectivity index (χ3n) is 3.55. The molecule has 3 rings (SSSR count). The molecule has 0 bridgehead atoms. The van der Waals surface area contributed by atoms with Gasteiger partial charge in [0.05, 0.1) is 15.2 Å². The number of aromatic hydroxyl groups is 1. The summed E-state index contributed by atoms with van der Waals surface area (Å²) in [5.41, 5.74) is 4.11. The number of carbonyl (C=O) groups is 1. The first-order valence-electron chi connectivity index (χ1n) is 7.89. The second kappa shape index (κ2) is 8.88. The summed E-state index contributed by atoms with van der Waals surface area (Å²) in [5, 5.41) is 13.5. The molecule has 1 amide bonds. The van der Waals surface area contributed by atoms with Gasteiger partial charge in [0.15, 0.2) is 6.61 Å². The molecule has 0 atom stereocenters. The molecule has 8 heteroatoms. The predicted octanol–water partition coefficient (Wildman–Crippen LogP) is 4.24. The summed E-state index contributed by atoms with van der Waals surface area (Å²) in [6.45, 7) is -0.150. The monoisotopic (exact) mass is 491 g/mol. The van der Waals surface area contributed by atoms with Crippen LogP contribution in [0.4, 0.5) is 0 Å². The first-order chi connectivity index (χ1) is 13.0. The van der Waals surface area contributed by atoms with Crippen molar-refractivity contribution in [2.45, 2.75) is 0 Å². The van der Waals surface area contributed by atoms with Gasteiger partial charge in [0.1, 0.15) is 11.5 Å². The van der Waals surface area contributed by atoms with Gasteiger partial charge in [-0.15, -0.1) is 0 Å². The first-order valence-corrected chi connectivity index (χ1v) is 9.47. The van der Waals surface area contributed by atoms with Crippen molar-refractivity contribution in [1.29, 1.82) is 0 Å². The Bertz CT molecular complexity index is 932. The molecule has 6 nitrogen and oxygen atoms in total. The highest BCUT2D eigenvalue weighted by atomic mass is 79.9. The minimum atomic E-state index is -0.377. The van der Waals surface area contributed by atoms with Crippen LogP contribution in [0, 0.1) is 0 Å². The van der Waals surface area contributed by atoms with Crippen LogP contribution in [-0.2, 0) is 4.79 Å². The molecular weight excluding hydrogens is 478 g/mol. The Morgan fingerprint density at radius 2 is 1.78 bits per heavy atom. The molecule has 3 aromatic rings. The Morgan fingerprint density at radius 1 is 1.15 bits per heavy atom. The van der Waals surface area contributed by atoms with Crippen molar-refractivity contribution in [3.63, 3.8) is 0 Å².